The molecule has 9 nitrogen and oxygen atoms in total. The van der Waals surface area contributed by atoms with E-state index < -0.39 is 28.8 Å². The highest BCUT2D eigenvalue weighted by Crippen LogP contribution is 2.33. The Balaban J connectivity index is 1.76. The number of nitrogens with one attached hydrogen (secondary N) is 1. The van der Waals surface area contributed by atoms with Gasteiger partial charge in [-0.15, -0.1) is 0 Å². The third-order valence-electron chi connectivity index (χ3n) is 4.53. The van der Waals surface area contributed by atoms with Crippen molar-refractivity contribution in [3.05, 3.63) is 93.0 Å². The molecule has 0 bridgehead atoms. The van der Waals surface area contributed by atoms with Gasteiger partial charge in [-0.25, -0.2) is 4.79 Å². The van der Waals surface area contributed by atoms with Crippen LogP contribution >= 0.6 is 23.4 Å². The van der Waals surface area contributed by atoms with E-state index in [9.17, 15) is 24.5 Å². The van der Waals surface area contributed by atoms with Gasteiger partial charge in [-0.1, -0.05) is 23.4 Å². The molecule has 2 amide bonds. The van der Waals surface area contributed by atoms with Gasteiger partial charge in [0.2, 0.25) is 5.91 Å². The van der Waals surface area contributed by atoms with Crippen LogP contribution in [0.3, 0.4) is 0 Å². The summed E-state index contributed by atoms with van der Waals surface area (Å²) in [5, 5.41) is 14.3. The number of amides is 2. The van der Waals surface area contributed by atoms with Crippen molar-refractivity contribution in [1.82, 2.24) is 0 Å². The standard InChI is InChI=1S/C23H18ClN3O6S/c1-13(22(29)26-16-6-2-14(3-7-16)21(25)28)33-23(30)19-12-17(27(31)32)8-11-20(19)34-18-9-4-15(24)5-10-18/h2-13H,1H3,(H2,25,28)(H,26,29). The van der Waals surface area contributed by atoms with Gasteiger partial charge in [-0.3, -0.25) is 19.7 Å². The van der Waals surface area contributed by atoms with Gasteiger partial charge in [0.25, 0.3) is 11.6 Å². The third-order valence-corrected chi connectivity index (χ3v) is 5.86. The molecule has 1 unspecified atom stereocenters. The zero-order chi connectivity index (χ0) is 24.8. The summed E-state index contributed by atoms with van der Waals surface area (Å²) in [6.07, 6.45) is -1.21. The van der Waals surface area contributed by atoms with E-state index in [-0.39, 0.29) is 16.8 Å². The Bertz CT molecular complexity index is 1250. The number of benzene rings is 3. The van der Waals surface area contributed by atoms with E-state index in [1.165, 1.54) is 55.1 Å². The number of halogens is 1. The Morgan fingerprint density at radius 3 is 2.29 bits per heavy atom. The number of nitro benzene ring substituents is 1. The second-order valence-electron chi connectivity index (χ2n) is 6.97. The quantitative estimate of drug-likeness (QED) is 0.260. The zero-order valence-electron chi connectivity index (χ0n) is 17.7. The highest BCUT2D eigenvalue weighted by molar-refractivity contribution is 7.99. The van der Waals surface area contributed by atoms with Crippen LogP contribution in [-0.4, -0.2) is 28.8 Å². The van der Waals surface area contributed by atoms with Gasteiger partial charge >= 0.3 is 5.97 Å². The van der Waals surface area contributed by atoms with Gasteiger partial charge in [0.15, 0.2) is 6.10 Å². The SMILES string of the molecule is CC(OC(=O)c1cc([N+](=O)[O-])ccc1Sc1ccc(Cl)cc1)C(=O)Nc1ccc(C(N)=O)cc1. The maximum atomic E-state index is 12.9. The molecular weight excluding hydrogens is 482 g/mol. The van der Waals surface area contributed by atoms with Crippen LogP contribution in [0.15, 0.2) is 76.5 Å². The molecular formula is C23H18ClN3O6S. The number of hydrogen-bond donors (Lipinski definition) is 2. The Labute approximate surface area is 203 Å². The van der Waals surface area contributed by atoms with Crippen LogP contribution in [0.5, 0.6) is 0 Å². The second kappa shape index (κ2) is 10.8. The molecule has 174 valence electrons. The van der Waals surface area contributed by atoms with Crippen molar-refractivity contribution >= 4 is 52.5 Å². The fraction of sp³-hybridized carbons (Fsp3) is 0.0870. The molecule has 34 heavy (non-hydrogen) atoms. The van der Waals surface area contributed by atoms with E-state index in [1.807, 2.05) is 0 Å². The molecule has 0 saturated carbocycles. The summed E-state index contributed by atoms with van der Waals surface area (Å²) in [6.45, 7) is 1.37. The van der Waals surface area contributed by atoms with Crippen molar-refractivity contribution in [3.8, 4) is 0 Å². The smallest absolute Gasteiger partial charge is 0.340 e. The first-order valence-corrected chi connectivity index (χ1v) is 11.0. The van der Waals surface area contributed by atoms with Gasteiger partial charge in [0.05, 0.1) is 10.5 Å². The van der Waals surface area contributed by atoms with E-state index in [2.05, 4.69) is 5.32 Å². The third kappa shape index (κ3) is 6.33. The molecule has 1 atom stereocenters. The molecule has 0 spiro atoms. The van der Waals surface area contributed by atoms with E-state index in [1.54, 1.807) is 24.3 Å². The molecule has 0 heterocycles. The van der Waals surface area contributed by atoms with E-state index in [4.69, 9.17) is 22.1 Å². The normalized spacial score (nSPS) is 11.4. The highest BCUT2D eigenvalue weighted by Gasteiger charge is 2.24. The molecule has 3 N–H and O–H groups in total. The van der Waals surface area contributed by atoms with Gasteiger partial charge < -0.3 is 15.8 Å². The summed E-state index contributed by atoms with van der Waals surface area (Å²) in [5.74, 6) is -2.13. The number of primary amides is 1. The van der Waals surface area contributed by atoms with E-state index in [0.717, 1.165) is 11.0 Å². The Kier molecular flexibility index (Phi) is 7.87. The van der Waals surface area contributed by atoms with Crippen molar-refractivity contribution in [2.45, 2.75) is 22.8 Å². The number of nitrogens with zero attached hydrogens (tertiary/aromatic N) is 1. The lowest BCUT2D eigenvalue weighted by molar-refractivity contribution is -0.384. The molecule has 0 aliphatic carbocycles. The van der Waals surface area contributed by atoms with E-state index in [0.29, 0.717) is 15.6 Å². The molecule has 0 aliphatic heterocycles. The van der Waals surface area contributed by atoms with E-state index >= 15 is 0 Å². The number of anilines is 1. The number of rotatable bonds is 8. The Hall–Kier alpha value is -3.89. The largest absolute Gasteiger partial charge is 0.449 e. The number of non-ortho nitro benzene ring substituents is 1. The van der Waals surface area contributed by atoms with Crippen LogP contribution in [0.25, 0.3) is 0 Å². The minimum absolute atomic E-state index is 0.0559. The lowest BCUT2D eigenvalue weighted by atomic mass is 10.2. The summed E-state index contributed by atoms with van der Waals surface area (Å²) < 4.78 is 5.28. The average Bonchev–Trinajstić information content (AvgIpc) is 2.80. The molecule has 0 aromatic heterocycles. The zero-order valence-corrected chi connectivity index (χ0v) is 19.3. The maximum absolute atomic E-state index is 12.9. The van der Waals surface area contributed by atoms with Crippen LogP contribution in [0.1, 0.15) is 27.6 Å². The van der Waals surface area contributed by atoms with Crippen molar-refractivity contribution in [2.75, 3.05) is 5.32 Å². The van der Waals surface area contributed by atoms with Crippen molar-refractivity contribution < 1.29 is 24.0 Å². The molecule has 0 aliphatic rings. The molecule has 0 radical (unpaired) electrons. The number of ether oxygens (including phenoxy) is 1. The van der Waals surface area contributed by atoms with Gasteiger partial charge in [-0.05, 0) is 61.5 Å². The first kappa shape index (κ1) is 24.7. The maximum Gasteiger partial charge on any atom is 0.340 e. The molecule has 0 saturated heterocycles. The van der Waals surface area contributed by atoms with Crippen LogP contribution in [-0.2, 0) is 9.53 Å². The summed E-state index contributed by atoms with van der Waals surface area (Å²) in [5.41, 5.74) is 5.48. The topological polar surface area (TPSA) is 142 Å². The summed E-state index contributed by atoms with van der Waals surface area (Å²) in [7, 11) is 0. The van der Waals surface area contributed by atoms with Crippen LogP contribution < -0.4 is 11.1 Å². The Morgan fingerprint density at radius 2 is 1.71 bits per heavy atom. The minimum Gasteiger partial charge on any atom is -0.449 e. The predicted octanol–water partition coefficient (Wildman–Crippen LogP) is 4.68. The number of nitro groups is 1. The molecule has 3 aromatic rings. The second-order valence-corrected chi connectivity index (χ2v) is 8.52. The number of carbonyl (C=O) groups excluding carboxylic acids is 3. The number of nitrogens with two attached hydrogens (primary N) is 1. The monoisotopic (exact) mass is 499 g/mol. The van der Waals surface area contributed by atoms with Gasteiger partial charge in [0.1, 0.15) is 0 Å². The first-order valence-electron chi connectivity index (χ1n) is 9.77. The number of carbonyl (C=O) groups is 3. The lowest BCUT2D eigenvalue weighted by Crippen LogP contribution is -2.30. The molecule has 3 aromatic carbocycles. The van der Waals surface area contributed by atoms with Crippen LogP contribution in [0, 0.1) is 10.1 Å². The molecule has 3 rings (SSSR count). The van der Waals surface area contributed by atoms with Crippen molar-refractivity contribution in [3.63, 3.8) is 0 Å². The van der Waals surface area contributed by atoms with Crippen LogP contribution in [0.4, 0.5) is 11.4 Å². The fourth-order valence-electron chi connectivity index (χ4n) is 2.75. The summed E-state index contributed by atoms with van der Waals surface area (Å²) >= 11 is 7.09. The predicted molar refractivity (Wildman–Crippen MR) is 127 cm³/mol. The van der Waals surface area contributed by atoms with Gasteiger partial charge in [-0.2, -0.15) is 0 Å². The summed E-state index contributed by atoms with van der Waals surface area (Å²) in [6, 6.07) is 16.5. The number of hydrogen-bond acceptors (Lipinski definition) is 7. The van der Waals surface area contributed by atoms with Gasteiger partial charge in [0, 0.05) is 38.2 Å². The number of esters is 1. The lowest BCUT2D eigenvalue weighted by Gasteiger charge is -2.15. The van der Waals surface area contributed by atoms with Crippen molar-refractivity contribution in [2.24, 2.45) is 5.73 Å². The van der Waals surface area contributed by atoms with Crippen molar-refractivity contribution in [1.29, 1.82) is 0 Å². The minimum atomic E-state index is -1.21. The highest BCUT2D eigenvalue weighted by atomic mass is 35.5. The fourth-order valence-corrected chi connectivity index (χ4v) is 3.79. The Morgan fingerprint density at radius 1 is 1.06 bits per heavy atom. The van der Waals surface area contributed by atoms with Crippen LogP contribution in [0.2, 0.25) is 5.02 Å². The molecule has 11 heteroatoms. The average molecular weight is 500 g/mol. The first-order chi connectivity index (χ1) is 16.1. The summed E-state index contributed by atoms with van der Waals surface area (Å²) in [4.78, 5) is 48.2. The molecule has 0 fully saturated rings.